The summed E-state index contributed by atoms with van der Waals surface area (Å²) in [5.41, 5.74) is 0.356. The predicted octanol–water partition coefficient (Wildman–Crippen LogP) is 6.89. The van der Waals surface area contributed by atoms with Crippen LogP contribution in [0.2, 0.25) is 5.02 Å². The average molecular weight is 599 g/mol. The molecule has 2 heterocycles. The van der Waals surface area contributed by atoms with Crippen LogP contribution in [0.3, 0.4) is 0 Å². The van der Waals surface area contributed by atoms with E-state index in [1.807, 2.05) is 6.07 Å². The molecule has 220 valence electrons. The third-order valence-electron chi connectivity index (χ3n) is 6.77. The lowest BCUT2D eigenvalue weighted by molar-refractivity contribution is -0.137. The molecule has 0 bridgehead atoms. The van der Waals surface area contributed by atoms with E-state index in [-0.39, 0.29) is 22.5 Å². The lowest BCUT2D eigenvalue weighted by Gasteiger charge is -2.29. The van der Waals surface area contributed by atoms with Gasteiger partial charge in [0, 0.05) is 68.3 Å². The molecule has 12 heteroatoms. The van der Waals surface area contributed by atoms with E-state index in [0.717, 1.165) is 62.6 Å². The lowest BCUT2D eigenvalue weighted by Crippen LogP contribution is -2.29. The maximum Gasteiger partial charge on any atom is 0.417 e. The van der Waals surface area contributed by atoms with Gasteiger partial charge in [-0.2, -0.15) is 13.2 Å². The third kappa shape index (κ3) is 7.27. The van der Waals surface area contributed by atoms with Crippen LogP contribution in [0, 0.1) is 5.41 Å². The first-order valence-corrected chi connectivity index (χ1v) is 13.6. The Kier molecular flexibility index (Phi) is 9.52. The summed E-state index contributed by atoms with van der Waals surface area (Å²) in [5, 5.41) is 12.9. The predicted molar refractivity (Wildman–Crippen MR) is 160 cm³/mol. The van der Waals surface area contributed by atoms with E-state index in [1.165, 1.54) is 12.3 Å². The second-order valence-electron chi connectivity index (χ2n) is 9.94. The number of rotatable bonds is 9. The number of aromatic nitrogens is 1. The topological polar surface area (TPSA) is 101 Å². The highest BCUT2D eigenvalue weighted by molar-refractivity contribution is 6.31. The number of carbonyl (C=O) groups excluding carboxylic acids is 2. The van der Waals surface area contributed by atoms with Gasteiger partial charge in [0.1, 0.15) is 5.82 Å². The highest BCUT2D eigenvalue weighted by Gasteiger charge is 2.33. The fraction of sp³-hybridized carbons (Fsp3) is 0.267. The zero-order chi connectivity index (χ0) is 30.4. The largest absolute Gasteiger partial charge is 0.417 e. The molecule has 0 aliphatic carbocycles. The molecule has 0 radical (unpaired) electrons. The summed E-state index contributed by atoms with van der Waals surface area (Å²) in [5.74, 6) is -0.477. The van der Waals surface area contributed by atoms with Crippen LogP contribution in [-0.4, -0.2) is 50.1 Å². The number of amides is 1. The van der Waals surface area contributed by atoms with Crippen molar-refractivity contribution >= 4 is 52.4 Å². The van der Waals surface area contributed by atoms with Gasteiger partial charge in [0.25, 0.3) is 5.91 Å². The van der Waals surface area contributed by atoms with Crippen LogP contribution in [0.25, 0.3) is 0 Å². The van der Waals surface area contributed by atoms with Crippen molar-refractivity contribution in [1.29, 1.82) is 5.41 Å². The van der Waals surface area contributed by atoms with Crippen LogP contribution in [0.15, 0.2) is 66.5 Å². The molecule has 0 saturated carbocycles. The maximum atomic E-state index is 13.7. The van der Waals surface area contributed by atoms with Gasteiger partial charge in [0.2, 0.25) is 0 Å². The molecule has 2 aromatic carbocycles. The molecule has 8 nitrogen and oxygen atoms in total. The zero-order valence-electron chi connectivity index (χ0n) is 23.1. The molecular formula is C30H30ClF3N6O2. The standard InChI is InChI=1S/C30H30ClF3N6O2/c1-39(2)27-14-19(10-11-36-27)29(42)38-26-9-7-22(40-12-4-3-5-13-40)16-23(26)28(41)20(17-35)18-37-21-6-8-25(31)24(15-21)30(32,33)34/h6-11,14-18,35,37H,3-5,12-13H2,1-2H3,(H,38,42)/b20-18+,35-17?. The second-order valence-corrected chi connectivity index (χ2v) is 10.3. The van der Waals surface area contributed by atoms with Gasteiger partial charge in [-0.3, -0.25) is 9.59 Å². The average Bonchev–Trinajstić information content (AvgIpc) is 2.98. The van der Waals surface area contributed by atoms with Crippen molar-refractivity contribution in [2.24, 2.45) is 0 Å². The minimum Gasteiger partial charge on any atom is -0.372 e. The molecule has 1 amide bonds. The highest BCUT2D eigenvalue weighted by Crippen LogP contribution is 2.36. The van der Waals surface area contributed by atoms with Crippen LogP contribution in [0.5, 0.6) is 0 Å². The Hall–Kier alpha value is -4.38. The normalized spacial score (nSPS) is 13.9. The van der Waals surface area contributed by atoms with Crippen molar-refractivity contribution in [3.63, 3.8) is 0 Å². The number of alkyl halides is 3. The van der Waals surface area contributed by atoms with E-state index >= 15 is 0 Å². The number of nitrogens with one attached hydrogen (secondary N) is 3. The lowest BCUT2D eigenvalue weighted by atomic mass is 10.0. The van der Waals surface area contributed by atoms with Gasteiger partial charge < -0.3 is 25.8 Å². The highest BCUT2D eigenvalue weighted by atomic mass is 35.5. The molecular weight excluding hydrogens is 569 g/mol. The fourth-order valence-electron chi connectivity index (χ4n) is 4.50. The summed E-state index contributed by atoms with van der Waals surface area (Å²) in [6.07, 6.45) is 1.94. The van der Waals surface area contributed by atoms with Gasteiger partial charge >= 0.3 is 6.18 Å². The summed E-state index contributed by atoms with van der Waals surface area (Å²) < 4.78 is 39.9. The number of anilines is 4. The third-order valence-corrected chi connectivity index (χ3v) is 7.10. The van der Waals surface area contributed by atoms with Crippen molar-refractivity contribution in [3.8, 4) is 0 Å². The quantitative estimate of drug-likeness (QED) is 0.141. The van der Waals surface area contributed by atoms with Crippen molar-refractivity contribution < 1.29 is 22.8 Å². The monoisotopic (exact) mass is 598 g/mol. The van der Waals surface area contributed by atoms with Crippen LogP contribution >= 0.6 is 11.6 Å². The fourth-order valence-corrected chi connectivity index (χ4v) is 4.72. The van der Waals surface area contributed by atoms with Gasteiger partial charge in [0.15, 0.2) is 5.78 Å². The summed E-state index contributed by atoms with van der Waals surface area (Å²) in [7, 11) is 3.60. The molecule has 42 heavy (non-hydrogen) atoms. The summed E-state index contributed by atoms with van der Waals surface area (Å²) >= 11 is 5.71. The molecule has 1 aromatic heterocycles. The van der Waals surface area contributed by atoms with Crippen LogP contribution in [0.4, 0.5) is 36.1 Å². The molecule has 1 fully saturated rings. The Labute approximate surface area is 246 Å². The molecule has 0 spiro atoms. The number of benzene rings is 2. The number of pyridine rings is 1. The number of hydrogen-bond acceptors (Lipinski definition) is 7. The van der Waals surface area contributed by atoms with E-state index in [0.29, 0.717) is 11.4 Å². The Morgan fingerprint density at radius 3 is 2.45 bits per heavy atom. The Bertz CT molecular complexity index is 1520. The van der Waals surface area contributed by atoms with Crippen LogP contribution < -0.4 is 20.4 Å². The van der Waals surface area contributed by atoms with Crippen molar-refractivity contribution in [1.82, 2.24) is 4.98 Å². The summed E-state index contributed by atoms with van der Waals surface area (Å²) in [6, 6.07) is 11.6. The minimum atomic E-state index is -4.66. The smallest absolute Gasteiger partial charge is 0.372 e. The van der Waals surface area contributed by atoms with E-state index in [2.05, 4.69) is 20.5 Å². The van der Waals surface area contributed by atoms with E-state index in [1.54, 1.807) is 43.3 Å². The Morgan fingerprint density at radius 1 is 1.05 bits per heavy atom. The molecule has 4 rings (SSSR count). The van der Waals surface area contributed by atoms with Crippen molar-refractivity contribution in [3.05, 3.63) is 88.2 Å². The number of nitrogens with zero attached hydrogens (tertiary/aromatic N) is 3. The molecule has 3 aromatic rings. The molecule has 0 unspecified atom stereocenters. The molecule has 0 atom stereocenters. The van der Waals surface area contributed by atoms with E-state index in [4.69, 9.17) is 17.0 Å². The summed E-state index contributed by atoms with van der Waals surface area (Å²) in [6.45, 7) is 1.63. The van der Waals surface area contributed by atoms with Crippen molar-refractivity contribution in [2.75, 3.05) is 47.6 Å². The maximum absolute atomic E-state index is 13.7. The SMILES string of the molecule is CN(C)c1cc(C(=O)Nc2ccc(N3CCCCC3)cc2C(=O)/C(C=N)=C/Nc2ccc(Cl)c(C(F)(F)F)c2)ccn1. The molecule has 1 aliphatic rings. The number of piperidine rings is 1. The minimum absolute atomic E-state index is 0.0313. The molecule has 3 N–H and O–H groups in total. The number of halogens is 4. The van der Waals surface area contributed by atoms with Gasteiger partial charge in [-0.25, -0.2) is 4.98 Å². The van der Waals surface area contributed by atoms with Gasteiger partial charge in [0.05, 0.1) is 21.8 Å². The number of hydrogen-bond donors (Lipinski definition) is 3. The van der Waals surface area contributed by atoms with Gasteiger partial charge in [-0.1, -0.05) is 11.6 Å². The first-order valence-electron chi connectivity index (χ1n) is 13.2. The van der Waals surface area contributed by atoms with E-state index in [9.17, 15) is 22.8 Å². The Morgan fingerprint density at radius 2 is 1.79 bits per heavy atom. The Balaban J connectivity index is 1.67. The first kappa shape index (κ1) is 30.6. The molecule has 1 aliphatic heterocycles. The first-order chi connectivity index (χ1) is 20.0. The number of allylic oxidation sites excluding steroid dienone is 1. The molecule has 1 saturated heterocycles. The van der Waals surface area contributed by atoms with Crippen molar-refractivity contribution in [2.45, 2.75) is 25.4 Å². The van der Waals surface area contributed by atoms with Crippen LogP contribution in [-0.2, 0) is 6.18 Å². The van der Waals surface area contributed by atoms with Gasteiger partial charge in [-0.05, 0) is 67.8 Å². The number of carbonyl (C=O) groups is 2. The van der Waals surface area contributed by atoms with Crippen LogP contribution in [0.1, 0.15) is 45.5 Å². The second kappa shape index (κ2) is 13.1. The van der Waals surface area contributed by atoms with E-state index < -0.39 is 28.5 Å². The summed E-state index contributed by atoms with van der Waals surface area (Å²) in [4.78, 5) is 35.1. The number of Topliss-reactive ketones (excluding diaryl/α,β-unsaturated/α-hetero) is 1. The number of ketones is 1. The zero-order valence-corrected chi connectivity index (χ0v) is 23.8. The van der Waals surface area contributed by atoms with Gasteiger partial charge in [-0.15, -0.1) is 0 Å².